The molecule has 0 radical (unpaired) electrons. The maximum absolute atomic E-state index is 11.1. The van der Waals surface area contributed by atoms with Crippen molar-refractivity contribution in [1.29, 1.82) is 0 Å². The lowest BCUT2D eigenvalue weighted by molar-refractivity contribution is -0.114. The summed E-state index contributed by atoms with van der Waals surface area (Å²) in [7, 11) is 4.03. The van der Waals surface area contributed by atoms with Crippen LogP contribution in [0.15, 0.2) is 42.5 Å². The largest absolute Gasteiger partial charge is 0.378 e. The van der Waals surface area contributed by atoms with Gasteiger partial charge in [0, 0.05) is 38.0 Å². The molecule has 3 rings (SSSR count). The highest BCUT2D eigenvalue weighted by Gasteiger charge is 2.07. The summed E-state index contributed by atoms with van der Waals surface area (Å²) in [5, 5.41) is 2.77. The molecule has 1 amide bonds. The van der Waals surface area contributed by atoms with E-state index in [1.54, 1.807) is 0 Å². The van der Waals surface area contributed by atoms with Gasteiger partial charge in [-0.2, -0.15) is 0 Å². The van der Waals surface area contributed by atoms with Gasteiger partial charge in [-0.05, 0) is 42.5 Å². The fourth-order valence-electron chi connectivity index (χ4n) is 2.34. The van der Waals surface area contributed by atoms with E-state index in [0.717, 1.165) is 33.8 Å². The number of hydrogen-bond donors (Lipinski definition) is 2. The number of aromatic nitrogens is 2. The average molecular weight is 294 g/mol. The van der Waals surface area contributed by atoms with Crippen LogP contribution in [0.3, 0.4) is 0 Å². The molecule has 0 aliphatic carbocycles. The Labute approximate surface area is 129 Å². The van der Waals surface area contributed by atoms with Gasteiger partial charge in [0.1, 0.15) is 5.82 Å². The first kappa shape index (κ1) is 14.1. The zero-order chi connectivity index (χ0) is 15.7. The second-order valence-corrected chi connectivity index (χ2v) is 5.44. The van der Waals surface area contributed by atoms with Crippen LogP contribution < -0.4 is 10.2 Å². The summed E-state index contributed by atoms with van der Waals surface area (Å²) in [5.41, 5.74) is 4.72. The molecule has 0 spiro atoms. The first-order chi connectivity index (χ1) is 10.5. The topological polar surface area (TPSA) is 61.0 Å². The van der Waals surface area contributed by atoms with E-state index >= 15 is 0 Å². The van der Waals surface area contributed by atoms with Gasteiger partial charge in [0.25, 0.3) is 0 Å². The first-order valence-electron chi connectivity index (χ1n) is 7.08. The molecule has 0 saturated heterocycles. The molecule has 1 aromatic heterocycles. The molecule has 0 bridgehead atoms. The number of H-pyrrole nitrogens is 1. The number of fused-ring (bicyclic) bond motifs is 1. The minimum absolute atomic E-state index is 0.0848. The molecule has 0 fully saturated rings. The lowest BCUT2D eigenvalue weighted by Crippen LogP contribution is -2.07. The number of rotatable bonds is 3. The second-order valence-electron chi connectivity index (χ2n) is 5.44. The molecule has 5 nitrogen and oxygen atoms in total. The smallest absolute Gasteiger partial charge is 0.221 e. The van der Waals surface area contributed by atoms with Crippen LogP contribution in [0.1, 0.15) is 6.92 Å². The monoisotopic (exact) mass is 294 g/mol. The number of anilines is 2. The minimum Gasteiger partial charge on any atom is -0.378 e. The van der Waals surface area contributed by atoms with Crippen LogP contribution in [0.2, 0.25) is 0 Å². The van der Waals surface area contributed by atoms with Crippen molar-refractivity contribution in [2.75, 3.05) is 24.3 Å². The van der Waals surface area contributed by atoms with Crippen molar-refractivity contribution in [3.8, 4) is 11.4 Å². The number of amides is 1. The summed E-state index contributed by atoms with van der Waals surface area (Å²) in [4.78, 5) is 21.1. The van der Waals surface area contributed by atoms with Crippen LogP contribution in [-0.4, -0.2) is 30.0 Å². The predicted octanol–water partition coefficient (Wildman–Crippen LogP) is 3.25. The molecule has 0 aliphatic heterocycles. The molecule has 22 heavy (non-hydrogen) atoms. The van der Waals surface area contributed by atoms with Crippen molar-refractivity contribution in [2.24, 2.45) is 0 Å². The minimum atomic E-state index is -0.0848. The van der Waals surface area contributed by atoms with Gasteiger partial charge in [-0.25, -0.2) is 4.98 Å². The summed E-state index contributed by atoms with van der Waals surface area (Å²) >= 11 is 0. The van der Waals surface area contributed by atoms with Crippen molar-refractivity contribution in [3.05, 3.63) is 42.5 Å². The maximum atomic E-state index is 11.1. The highest BCUT2D eigenvalue weighted by atomic mass is 16.1. The highest BCUT2D eigenvalue weighted by Crippen LogP contribution is 2.24. The molecular formula is C17H18N4O. The van der Waals surface area contributed by atoms with E-state index in [1.807, 2.05) is 44.4 Å². The number of carbonyl (C=O) groups excluding carboxylic acids is 1. The summed E-state index contributed by atoms with van der Waals surface area (Å²) in [6.45, 7) is 1.49. The van der Waals surface area contributed by atoms with Crippen molar-refractivity contribution in [2.45, 2.75) is 6.92 Å². The quantitative estimate of drug-likeness (QED) is 0.779. The second kappa shape index (κ2) is 5.52. The lowest BCUT2D eigenvalue weighted by Gasteiger charge is -2.11. The number of hydrogen-bond acceptors (Lipinski definition) is 3. The van der Waals surface area contributed by atoms with Gasteiger partial charge < -0.3 is 15.2 Å². The van der Waals surface area contributed by atoms with Gasteiger partial charge in [0.2, 0.25) is 5.91 Å². The van der Waals surface area contributed by atoms with Crippen LogP contribution in [0.4, 0.5) is 11.4 Å². The van der Waals surface area contributed by atoms with E-state index in [4.69, 9.17) is 0 Å². The van der Waals surface area contributed by atoms with Crippen molar-refractivity contribution >= 4 is 28.3 Å². The molecule has 5 heteroatoms. The van der Waals surface area contributed by atoms with E-state index in [1.165, 1.54) is 6.92 Å². The number of nitrogens with one attached hydrogen (secondary N) is 2. The average Bonchev–Trinajstić information content (AvgIpc) is 2.90. The number of benzene rings is 2. The Kier molecular flexibility index (Phi) is 3.55. The Morgan fingerprint density at radius 2 is 1.86 bits per heavy atom. The van der Waals surface area contributed by atoms with Crippen molar-refractivity contribution < 1.29 is 4.79 Å². The van der Waals surface area contributed by atoms with Crippen LogP contribution in [-0.2, 0) is 4.79 Å². The Balaban J connectivity index is 1.95. The van der Waals surface area contributed by atoms with Gasteiger partial charge >= 0.3 is 0 Å². The Morgan fingerprint density at radius 3 is 2.50 bits per heavy atom. The maximum Gasteiger partial charge on any atom is 0.221 e. The standard InChI is InChI=1S/C17H18N4O/c1-11(22)18-13-6-9-15-16(10-13)20-17(19-15)12-4-7-14(8-5-12)21(2)3/h4-10H,1-3H3,(H,18,22)(H,19,20). The molecule has 0 saturated carbocycles. The lowest BCUT2D eigenvalue weighted by atomic mass is 10.2. The molecule has 0 atom stereocenters. The van der Waals surface area contributed by atoms with Crippen molar-refractivity contribution in [3.63, 3.8) is 0 Å². The van der Waals surface area contributed by atoms with E-state index in [0.29, 0.717) is 0 Å². The van der Waals surface area contributed by atoms with E-state index < -0.39 is 0 Å². The van der Waals surface area contributed by atoms with E-state index in [2.05, 4.69) is 32.3 Å². The molecule has 1 heterocycles. The third-order valence-corrected chi connectivity index (χ3v) is 3.46. The van der Waals surface area contributed by atoms with Gasteiger partial charge in [0.05, 0.1) is 11.0 Å². The summed E-state index contributed by atoms with van der Waals surface area (Å²) in [6, 6.07) is 13.8. The molecule has 2 aromatic carbocycles. The van der Waals surface area contributed by atoms with Crippen molar-refractivity contribution in [1.82, 2.24) is 9.97 Å². The first-order valence-corrected chi connectivity index (χ1v) is 7.08. The Morgan fingerprint density at radius 1 is 1.14 bits per heavy atom. The molecular weight excluding hydrogens is 276 g/mol. The summed E-state index contributed by atoms with van der Waals surface area (Å²) in [6.07, 6.45) is 0. The van der Waals surface area contributed by atoms with Crippen LogP contribution in [0, 0.1) is 0 Å². The summed E-state index contributed by atoms with van der Waals surface area (Å²) in [5.74, 6) is 0.735. The van der Waals surface area contributed by atoms with Gasteiger partial charge in [-0.1, -0.05) is 0 Å². The third-order valence-electron chi connectivity index (χ3n) is 3.46. The number of carbonyl (C=O) groups is 1. The third kappa shape index (κ3) is 2.79. The number of imidazole rings is 1. The Bertz CT molecular complexity index is 818. The highest BCUT2D eigenvalue weighted by molar-refractivity contribution is 5.92. The molecule has 112 valence electrons. The van der Waals surface area contributed by atoms with Crippen LogP contribution >= 0.6 is 0 Å². The van der Waals surface area contributed by atoms with E-state index in [9.17, 15) is 4.79 Å². The number of nitrogens with zero attached hydrogens (tertiary/aromatic N) is 2. The zero-order valence-corrected chi connectivity index (χ0v) is 12.8. The van der Waals surface area contributed by atoms with Gasteiger partial charge in [-0.3, -0.25) is 4.79 Å². The number of aromatic amines is 1. The van der Waals surface area contributed by atoms with Gasteiger partial charge in [-0.15, -0.1) is 0 Å². The fourth-order valence-corrected chi connectivity index (χ4v) is 2.34. The molecule has 3 aromatic rings. The zero-order valence-electron chi connectivity index (χ0n) is 12.8. The Hall–Kier alpha value is -2.82. The van der Waals surface area contributed by atoms with E-state index in [-0.39, 0.29) is 5.91 Å². The van der Waals surface area contributed by atoms with Crippen LogP contribution in [0.5, 0.6) is 0 Å². The molecule has 0 unspecified atom stereocenters. The molecule has 2 N–H and O–H groups in total. The fraction of sp³-hybridized carbons (Fsp3) is 0.176. The normalized spacial score (nSPS) is 10.7. The SMILES string of the molecule is CC(=O)Nc1ccc2nc(-c3ccc(N(C)C)cc3)[nH]c2c1. The van der Waals surface area contributed by atoms with Gasteiger partial charge in [0.15, 0.2) is 0 Å². The summed E-state index contributed by atoms with van der Waals surface area (Å²) < 4.78 is 0. The molecule has 0 aliphatic rings. The predicted molar refractivity (Wildman–Crippen MR) is 90.2 cm³/mol. The van der Waals surface area contributed by atoms with Crippen LogP contribution in [0.25, 0.3) is 22.4 Å².